The van der Waals surface area contributed by atoms with Crippen molar-refractivity contribution < 1.29 is 9.66 Å². The lowest BCUT2D eigenvalue weighted by molar-refractivity contribution is -0.384. The second-order valence-corrected chi connectivity index (χ2v) is 7.64. The molecule has 0 aromatic heterocycles. The van der Waals surface area contributed by atoms with Crippen molar-refractivity contribution in [2.45, 2.75) is 25.3 Å². The molecule has 0 radical (unpaired) electrons. The molecule has 1 aliphatic carbocycles. The molecule has 5 rings (SSSR count). The zero-order valence-corrected chi connectivity index (χ0v) is 16.2. The topological polar surface area (TPSA) is 64.4 Å². The minimum Gasteiger partial charge on any atom is -0.494 e. The van der Waals surface area contributed by atoms with Gasteiger partial charge < -0.3 is 10.1 Å². The summed E-state index contributed by atoms with van der Waals surface area (Å²) in [5.74, 6) is 1.00. The van der Waals surface area contributed by atoms with Gasteiger partial charge in [-0.2, -0.15) is 0 Å². The number of hydrogen-bond acceptors (Lipinski definition) is 4. The first-order valence-corrected chi connectivity index (χ1v) is 10.0. The van der Waals surface area contributed by atoms with E-state index >= 15 is 0 Å². The van der Waals surface area contributed by atoms with Crippen molar-refractivity contribution in [3.8, 4) is 5.75 Å². The van der Waals surface area contributed by atoms with Crippen molar-refractivity contribution in [2.24, 2.45) is 5.92 Å². The molecule has 5 nitrogen and oxygen atoms in total. The van der Waals surface area contributed by atoms with Crippen molar-refractivity contribution >= 4 is 22.1 Å². The maximum atomic E-state index is 11.9. The Bertz CT molecular complexity index is 1130. The van der Waals surface area contributed by atoms with Crippen LogP contribution >= 0.6 is 0 Å². The summed E-state index contributed by atoms with van der Waals surface area (Å²) in [6, 6.07) is 18.1. The van der Waals surface area contributed by atoms with E-state index in [-0.39, 0.29) is 22.6 Å². The van der Waals surface area contributed by atoms with E-state index in [1.807, 2.05) is 25.1 Å². The summed E-state index contributed by atoms with van der Waals surface area (Å²) >= 11 is 0. The van der Waals surface area contributed by atoms with Crippen LogP contribution in [0.5, 0.6) is 5.75 Å². The Balaban J connectivity index is 1.69. The monoisotopic (exact) mass is 386 g/mol. The van der Waals surface area contributed by atoms with Crippen LogP contribution in [-0.2, 0) is 0 Å². The fraction of sp³-hybridized carbons (Fsp3) is 0.250. The number of nitro groups is 1. The number of benzene rings is 3. The molecule has 0 bridgehead atoms. The molecule has 1 heterocycles. The molecular formula is C24H22N2O3. The molecule has 1 N–H and O–H groups in total. The van der Waals surface area contributed by atoms with Gasteiger partial charge in [0.2, 0.25) is 0 Å². The normalized spacial score (nSPS) is 22.0. The number of rotatable bonds is 4. The average molecular weight is 386 g/mol. The van der Waals surface area contributed by atoms with Crippen LogP contribution in [0, 0.1) is 16.0 Å². The van der Waals surface area contributed by atoms with Crippen molar-refractivity contribution in [3.63, 3.8) is 0 Å². The van der Waals surface area contributed by atoms with Gasteiger partial charge in [0.1, 0.15) is 11.4 Å². The van der Waals surface area contributed by atoms with E-state index in [9.17, 15) is 10.1 Å². The lowest BCUT2D eigenvalue weighted by Gasteiger charge is -2.37. The van der Waals surface area contributed by atoms with E-state index in [1.54, 1.807) is 0 Å². The lowest BCUT2D eigenvalue weighted by atomic mass is 9.76. The first kappa shape index (κ1) is 17.7. The highest BCUT2D eigenvalue weighted by molar-refractivity contribution is 5.87. The van der Waals surface area contributed by atoms with E-state index < -0.39 is 0 Å². The standard InChI is InChI=1S/C24H22N2O3/c1-2-29-16-13-21-18-10-6-12-20(18)23(25-24(21)22(14-16)26(27)28)19-11-5-8-15-7-3-4-9-17(15)19/h3-11,13-14,18,20,23,25H,2,12H2,1H3. The van der Waals surface area contributed by atoms with Crippen molar-refractivity contribution in [1.29, 1.82) is 0 Å². The van der Waals surface area contributed by atoms with Crippen LogP contribution < -0.4 is 10.1 Å². The number of allylic oxidation sites excluding steroid dienone is 2. The summed E-state index contributed by atoms with van der Waals surface area (Å²) in [5.41, 5.74) is 2.84. The van der Waals surface area contributed by atoms with Gasteiger partial charge in [-0.15, -0.1) is 0 Å². The van der Waals surface area contributed by atoms with Crippen LogP contribution in [0.15, 0.2) is 66.7 Å². The van der Waals surface area contributed by atoms with Gasteiger partial charge >= 0.3 is 0 Å². The van der Waals surface area contributed by atoms with Gasteiger partial charge in [-0.1, -0.05) is 54.6 Å². The number of nitrogens with zero attached hydrogens (tertiary/aromatic N) is 1. The second kappa shape index (κ2) is 6.92. The number of anilines is 1. The highest BCUT2D eigenvalue weighted by Gasteiger charge is 2.41. The lowest BCUT2D eigenvalue weighted by Crippen LogP contribution is -2.29. The van der Waals surface area contributed by atoms with Crippen LogP contribution in [0.1, 0.15) is 36.4 Å². The number of hydrogen-bond donors (Lipinski definition) is 1. The summed E-state index contributed by atoms with van der Waals surface area (Å²) in [6.45, 7) is 2.37. The third-order valence-corrected chi connectivity index (χ3v) is 6.09. The summed E-state index contributed by atoms with van der Waals surface area (Å²) in [4.78, 5) is 11.6. The smallest absolute Gasteiger partial charge is 0.296 e. The summed E-state index contributed by atoms with van der Waals surface area (Å²) in [5, 5.41) is 17.8. The molecular weight excluding hydrogens is 364 g/mol. The average Bonchev–Trinajstić information content (AvgIpc) is 3.23. The van der Waals surface area contributed by atoms with Crippen molar-refractivity contribution in [3.05, 3.63) is 88.0 Å². The molecule has 0 amide bonds. The Morgan fingerprint density at radius 2 is 1.97 bits per heavy atom. The molecule has 146 valence electrons. The van der Waals surface area contributed by atoms with Crippen LogP contribution in [0.25, 0.3) is 10.8 Å². The summed E-state index contributed by atoms with van der Waals surface area (Å²) in [6.07, 6.45) is 5.34. The Morgan fingerprint density at radius 1 is 1.14 bits per heavy atom. The van der Waals surface area contributed by atoms with Gasteiger partial charge in [-0.3, -0.25) is 10.1 Å². The Labute approximate surface area is 169 Å². The molecule has 3 unspecified atom stereocenters. The number of nitro benzene ring substituents is 1. The number of fused-ring (bicyclic) bond motifs is 4. The minimum atomic E-state index is -0.312. The van der Waals surface area contributed by atoms with Gasteiger partial charge in [0.25, 0.3) is 5.69 Å². The maximum Gasteiger partial charge on any atom is 0.296 e. The molecule has 5 heteroatoms. The number of nitrogens with one attached hydrogen (secondary N) is 1. The SMILES string of the molecule is CCOc1cc2c(c([N+](=O)[O-])c1)NC(c1cccc3ccccc13)C1CC=CC21. The molecule has 29 heavy (non-hydrogen) atoms. The molecule has 0 fully saturated rings. The van der Waals surface area contributed by atoms with E-state index in [0.717, 1.165) is 12.0 Å². The first-order valence-electron chi connectivity index (χ1n) is 10.0. The van der Waals surface area contributed by atoms with E-state index in [0.29, 0.717) is 24.0 Å². The van der Waals surface area contributed by atoms with Crippen LogP contribution in [0.4, 0.5) is 11.4 Å². The van der Waals surface area contributed by atoms with E-state index in [2.05, 4.69) is 47.8 Å². The molecule has 0 saturated carbocycles. The second-order valence-electron chi connectivity index (χ2n) is 7.64. The highest BCUT2D eigenvalue weighted by Crippen LogP contribution is 2.53. The highest BCUT2D eigenvalue weighted by atomic mass is 16.6. The molecule has 0 spiro atoms. The Hall–Kier alpha value is -3.34. The van der Waals surface area contributed by atoms with Gasteiger partial charge in [0.05, 0.1) is 23.6 Å². The van der Waals surface area contributed by atoms with Crippen LogP contribution in [-0.4, -0.2) is 11.5 Å². The van der Waals surface area contributed by atoms with E-state index in [4.69, 9.17) is 4.74 Å². The molecule has 3 aromatic carbocycles. The Morgan fingerprint density at radius 3 is 2.79 bits per heavy atom. The molecule has 1 aliphatic heterocycles. The largest absolute Gasteiger partial charge is 0.494 e. The van der Waals surface area contributed by atoms with Gasteiger partial charge in [0.15, 0.2) is 0 Å². The fourth-order valence-electron chi connectivity index (χ4n) is 4.88. The first-order chi connectivity index (χ1) is 14.2. The molecule has 2 aliphatic rings. The van der Waals surface area contributed by atoms with Gasteiger partial charge in [-0.05, 0) is 47.2 Å². The zero-order valence-electron chi connectivity index (χ0n) is 16.2. The predicted octanol–water partition coefficient (Wildman–Crippen LogP) is 5.97. The van der Waals surface area contributed by atoms with Crippen molar-refractivity contribution in [1.82, 2.24) is 0 Å². The Kier molecular flexibility index (Phi) is 4.23. The van der Waals surface area contributed by atoms with E-state index in [1.165, 1.54) is 22.4 Å². The summed E-state index contributed by atoms with van der Waals surface area (Å²) < 4.78 is 5.62. The predicted molar refractivity (Wildman–Crippen MR) is 115 cm³/mol. The molecule has 0 saturated heterocycles. The maximum absolute atomic E-state index is 11.9. The summed E-state index contributed by atoms with van der Waals surface area (Å²) in [7, 11) is 0. The number of ether oxygens (including phenoxy) is 1. The molecule has 3 aromatic rings. The molecule has 3 atom stereocenters. The van der Waals surface area contributed by atoms with Crippen LogP contribution in [0.3, 0.4) is 0 Å². The van der Waals surface area contributed by atoms with Crippen LogP contribution in [0.2, 0.25) is 0 Å². The quantitative estimate of drug-likeness (QED) is 0.341. The van der Waals surface area contributed by atoms with Gasteiger partial charge in [-0.25, -0.2) is 0 Å². The third kappa shape index (κ3) is 2.85. The zero-order chi connectivity index (χ0) is 20.0. The fourth-order valence-corrected chi connectivity index (χ4v) is 4.88. The minimum absolute atomic E-state index is 0.00486. The van der Waals surface area contributed by atoms with Crippen molar-refractivity contribution in [2.75, 3.05) is 11.9 Å². The van der Waals surface area contributed by atoms with Gasteiger partial charge in [0, 0.05) is 5.92 Å². The third-order valence-electron chi connectivity index (χ3n) is 6.09.